The predicted molar refractivity (Wildman–Crippen MR) is 156 cm³/mol. The molecule has 1 saturated carbocycles. The molecule has 0 radical (unpaired) electrons. The molecule has 3 aromatic carbocycles. The van der Waals surface area contributed by atoms with Crippen LogP contribution in [0.5, 0.6) is 5.75 Å². The summed E-state index contributed by atoms with van der Waals surface area (Å²) in [5, 5.41) is 3.94. The van der Waals surface area contributed by atoms with Crippen LogP contribution in [0.3, 0.4) is 0 Å². The van der Waals surface area contributed by atoms with Crippen molar-refractivity contribution in [1.29, 1.82) is 0 Å². The van der Waals surface area contributed by atoms with Gasteiger partial charge in [0.2, 0.25) is 11.8 Å². The van der Waals surface area contributed by atoms with Crippen LogP contribution in [0.15, 0.2) is 72.8 Å². The summed E-state index contributed by atoms with van der Waals surface area (Å²) in [6, 6.07) is 19.6. The van der Waals surface area contributed by atoms with Gasteiger partial charge >= 0.3 is 6.18 Å². The Kier molecular flexibility index (Phi) is 7.79. The zero-order valence-electron chi connectivity index (χ0n) is 24.0. The third kappa shape index (κ3) is 6.00. The number of halogens is 3. The van der Waals surface area contributed by atoms with E-state index < -0.39 is 17.6 Å². The lowest BCUT2D eigenvalue weighted by atomic mass is 10.0. The van der Waals surface area contributed by atoms with Crippen LogP contribution in [0.25, 0.3) is 10.9 Å². The summed E-state index contributed by atoms with van der Waals surface area (Å²) < 4.78 is 44.5. The largest absolute Gasteiger partial charge is 0.497 e. The number of para-hydroxylation sites is 1. The minimum absolute atomic E-state index is 0.0108. The van der Waals surface area contributed by atoms with Crippen molar-refractivity contribution in [3.63, 3.8) is 0 Å². The Morgan fingerprint density at radius 3 is 2.31 bits per heavy atom. The SMILES string of the molecule is COc1ccc(NC(=O)CN(Cc2ccc(C(F)(F)F)cc2)C(=O)CC2C(c3c(C)[nH]c4ccccc34)C2(C)C)cc1. The number of aromatic nitrogens is 1. The van der Waals surface area contributed by atoms with E-state index in [2.05, 4.69) is 30.2 Å². The summed E-state index contributed by atoms with van der Waals surface area (Å²) in [7, 11) is 1.55. The highest BCUT2D eigenvalue weighted by molar-refractivity contribution is 5.94. The Morgan fingerprint density at radius 1 is 1.00 bits per heavy atom. The van der Waals surface area contributed by atoms with Gasteiger partial charge in [0, 0.05) is 35.2 Å². The van der Waals surface area contributed by atoms with Crippen molar-refractivity contribution < 1.29 is 27.5 Å². The van der Waals surface area contributed by atoms with Gasteiger partial charge in [0.15, 0.2) is 0 Å². The topological polar surface area (TPSA) is 74.4 Å². The molecule has 1 fully saturated rings. The fourth-order valence-corrected chi connectivity index (χ4v) is 6.01. The second-order valence-electron chi connectivity index (χ2n) is 11.5. The molecule has 1 aliphatic carbocycles. The molecule has 2 atom stereocenters. The van der Waals surface area contributed by atoms with Gasteiger partial charge in [0.1, 0.15) is 12.3 Å². The highest BCUT2D eigenvalue weighted by Gasteiger charge is 2.59. The second-order valence-corrected chi connectivity index (χ2v) is 11.5. The normalized spacial score (nSPS) is 17.6. The van der Waals surface area contributed by atoms with Gasteiger partial charge in [-0.05, 0) is 77.8 Å². The second kappa shape index (κ2) is 11.2. The first-order valence-corrected chi connectivity index (χ1v) is 13.8. The number of anilines is 1. The number of ether oxygens (including phenoxy) is 1. The molecule has 1 aliphatic rings. The van der Waals surface area contributed by atoms with E-state index in [0.29, 0.717) is 17.0 Å². The van der Waals surface area contributed by atoms with Crippen LogP contribution in [-0.4, -0.2) is 35.4 Å². The van der Waals surface area contributed by atoms with Crippen molar-refractivity contribution >= 4 is 28.4 Å². The minimum atomic E-state index is -4.46. The van der Waals surface area contributed by atoms with Gasteiger partial charge in [-0.3, -0.25) is 9.59 Å². The van der Waals surface area contributed by atoms with Crippen molar-refractivity contribution in [2.45, 2.75) is 45.8 Å². The zero-order chi connectivity index (χ0) is 30.2. The molecule has 220 valence electrons. The summed E-state index contributed by atoms with van der Waals surface area (Å²) in [6.45, 7) is 6.11. The van der Waals surface area contributed by atoms with E-state index in [1.54, 1.807) is 31.4 Å². The van der Waals surface area contributed by atoms with E-state index in [1.165, 1.54) is 22.6 Å². The number of methoxy groups -OCH3 is 1. The van der Waals surface area contributed by atoms with Crippen molar-refractivity contribution in [2.75, 3.05) is 19.0 Å². The average molecular weight is 578 g/mol. The smallest absolute Gasteiger partial charge is 0.416 e. The predicted octanol–water partition coefficient (Wildman–Crippen LogP) is 7.30. The number of nitrogens with zero attached hydrogens (tertiary/aromatic N) is 1. The first-order valence-electron chi connectivity index (χ1n) is 13.8. The van der Waals surface area contributed by atoms with Crippen LogP contribution in [0, 0.1) is 18.3 Å². The van der Waals surface area contributed by atoms with Crippen LogP contribution < -0.4 is 10.1 Å². The maximum atomic E-state index is 13.8. The highest BCUT2D eigenvalue weighted by Crippen LogP contribution is 2.67. The fraction of sp³-hybridized carbons (Fsp3) is 0.333. The molecule has 0 bridgehead atoms. The van der Waals surface area contributed by atoms with Crippen molar-refractivity contribution in [2.24, 2.45) is 11.3 Å². The standard InChI is InChI=1S/C33H34F3N3O3/c1-20-30(25-7-5-6-8-27(25)37-20)31-26(32(31,2)3)17-29(41)39(18-21-9-11-22(12-10-21)33(34,35)36)19-28(40)38-23-13-15-24(42-4)16-14-23/h5-16,26,31,37H,17-19H2,1-4H3,(H,38,40). The molecule has 0 spiro atoms. The third-order valence-corrected chi connectivity index (χ3v) is 8.42. The van der Waals surface area contributed by atoms with E-state index in [9.17, 15) is 22.8 Å². The molecule has 2 amide bonds. The molecule has 2 unspecified atom stereocenters. The van der Waals surface area contributed by atoms with Gasteiger partial charge in [-0.1, -0.05) is 44.2 Å². The summed E-state index contributed by atoms with van der Waals surface area (Å²) >= 11 is 0. The number of aryl methyl sites for hydroxylation is 1. The van der Waals surface area contributed by atoms with Gasteiger partial charge < -0.3 is 19.9 Å². The number of nitrogens with one attached hydrogen (secondary N) is 2. The summed E-state index contributed by atoms with van der Waals surface area (Å²) in [5.41, 5.74) is 3.48. The monoisotopic (exact) mass is 577 g/mol. The molecule has 42 heavy (non-hydrogen) atoms. The number of aromatic amines is 1. The van der Waals surface area contributed by atoms with Crippen LogP contribution in [0.4, 0.5) is 18.9 Å². The van der Waals surface area contributed by atoms with Crippen LogP contribution in [0.2, 0.25) is 0 Å². The number of alkyl halides is 3. The van der Waals surface area contributed by atoms with Crippen LogP contribution in [-0.2, 0) is 22.3 Å². The van der Waals surface area contributed by atoms with E-state index >= 15 is 0 Å². The van der Waals surface area contributed by atoms with Gasteiger partial charge in [0.05, 0.1) is 12.7 Å². The third-order valence-electron chi connectivity index (χ3n) is 8.42. The first-order chi connectivity index (χ1) is 19.9. The molecule has 2 N–H and O–H groups in total. The van der Waals surface area contributed by atoms with E-state index in [4.69, 9.17) is 4.74 Å². The van der Waals surface area contributed by atoms with Crippen molar-refractivity contribution in [3.05, 3.63) is 95.2 Å². The van der Waals surface area contributed by atoms with Gasteiger partial charge in [-0.15, -0.1) is 0 Å². The molecule has 1 heterocycles. The Labute approximate surface area is 242 Å². The number of hydrogen-bond donors (Lipinski definition) is 2. The van der Waals surface area contributed by atoms with E-state index in [1.807, 2.05) is 25.1 Å². The van der Waals surface area contributed by atoms with Crippen LogP contribution >= 0.6 is 0 Å². The molecule has 1 aromatic heterocycles. The van der Waals surface area contributed by atoms with Crippen molar-refractivity contribution in [1.82, 2.24) is 9.88 Å². The fourth-order valence-electron chi connectivity index (χ4n) is 6.01. The van der Waals surface area contributed by atoms with E-state index in [-0.39, 0.29) is 42.7 Å². The van der Waals surface area contributed by atoms with Crippen LogP contribution in [0.1, 0.15) is 48.6 Å². The average Bonchev–Trinajstić information content (AvgIpc) is 3.29. The molecule has 4 aromatic rings. The van der Waals surface area contributed by atoms with Crippen molar-refractivity contribution in [3.8, 4) is 5.75 Å². The Morgan fingerprint density at radius 2 is 1.67 bits per heavy atom. The number of rotatable bonds is 9. The molecule has 0 saturated heterocycles. The minimum Gasteiger partial charge on any atom is -0.497 e. The van der Waals surface area contributed by atoms with E-state index in [0.717, 1.165) is 28.7 Å². The highest BCUT2D eigenvalue weighted by atomic mass is 19.4. The lowest BCUT2D eigenvalue weighted by Crippen LogP contribution is -2.38. The molecule has 0 aliphatic heterocycles. The number of fused-ring (bicyclic) bond motifs is 1. The molecule has 9 heteroatoms. The quantitative estimate of drug-likeness (QED) is 0.219. The Hall–Kier alpha value is -4.27. The van der Waals surface area contributed by atoms with Gasteiger partial charge in [-0.25, -0.2) is 0 Å². The van der Waals surface area contributed by atoms with Gasteiger partial charge in [0.25, 0.3) is 0 Å². The maximum absolute atomic E-state index is 13.8. The Bertz CT molecular complexity index is 1590. The number of carbonyl (C=O) groups is 2. The first kappa shape index (κ1) is 29.2. The lowest BCUT2D eigenvalue weighted by Gasteiger charge is -2.23. The number of H-pyrrole nitrogens is 1. The van der Waals surface area contributed by atoms with Gasteiger partial charge in [-0.2, -0.15) is 13.2 Å². The summed E-state index contributed by atoms with van der Waals surface area (Å²) in [5.74, 6) is 0.206. The number of hydrogen-bond acceptors (Lipinski definition) is 3. The lowest BCUT2D eigenvalue weighted by molar-refractivity contribution is -0.137. The maximum Gasteiger partial charge on any atom is 0.416 e. The Balaban J connectivity index is 1.35. The number of amides is 2. The number of carbonyl (C=O) groups excluding carboxylic acids is 2. The zero-order valence-corrected chi connectivity index (χ0v) is 24.0. The molecule has 5 rings (SSSR count). The summed E-state index contributed by atoms with van der Waals surface area (Å²) in [4.78, 5) is 31.7. The molecular formula is C33H34F3N3O3. The summed E-state index contributed by atoms with van der Waals surface area (Å²) in [6.07, 6.45) is -4.24. The molecule has 6 nitrogen and oxygen atoms in total. The molecular weight excluding hydrogens is 543 g/mol. The number of benzene rings is 3.